The predicted molar refractivity (Wildman–Crippen MR) is 146 cm³/mol. The molecular formula is C26H27Cl2N5OS2. The Morgan fingerprint density at radius 3 is 2.67 bits per heavy atom. The molecule has 3 aliphatic rings. The van der Waals surface area contributed by atoms with Crippen LogP contribution in [0.1, 0.15) is 70.3 Å². The molecule has 0 amide bonds. The van der Waals surface area contributed by atoms with Gasteiger partial charge in [0.2, 0.25) is 5.13 Å². The fourth-order valence-corrected chi connectivity index (χ4v) is 8.25. The van der Waals surface area contributed by atoms with Crippen molar-refractivity contribution < 1.29 is 4.79 Å². The number of allylic oxidation sites excluding steroid dienone is 3. The van der Waals surface area contributed by atoms with Crippen LogP contribution in [-0.4, -0.2) is 21.2 Å². The number of benzene rings is 1. The predicted octanol–water partition coefficient (Wildman–Crippen LogP) is 7.21. The second-order valence-electron chi connectivity index (χ2n) is 10.4. The minimum atomic E-state index is -0.681. The van der Waals surface area contributed by atoms with Crippen LogP contribution < -0.4 is 10.6 Å². The van der Waals surface area contributed by atoms with Crippen LogP contribution in [0.4, 0.5) is 5.13 Å². The number of carbonyl (C=O) groups is 1. The lowest BCUT2D eigenvalue weighted by molar-refractivity contribution is -0.118. The molecule has 1 fully saturated rings. The van der Waals surface area contributed by atoms with E-state index in [4.69, 9.17) is 28.9 Å². The third kappa shape index (κ3) is 4.67. The molecule has 0 spiro atoms. The first-order chi connectivity index (χ1) is 17.2. The zero-order valence-corrected chi connectivity index (χ0v) is 23.3. The molecule has 2 aliphatic carbocycles. The molecule has 0 saturated heterocycles. The van der Waals surface area contributed by atoms with Crippen molar-refractivity contribution in [2.24, 2.45) is 11.1 Å². The highest BCUT2D eigenvalue weighted by molar-refractivity contribution is 8.01. The van der Waals surface area contributed by atoms with E-state index in [0.717, 1.165) is 10.0 Å². The molecule has 2 N–H and O–H groups in total. The highest BCUT2D eigenvalue weighted by atomic mass is 35.5. The van der Waals surface area contributed by atoms with E-state index in [-0.39, 0.29) is 22.6 Å². The van der Waals surface area contributed by atoms with Gasteiger partial charge in [0, 0.05) is 22.9 Å². The quantitative estimate of drug-likeness (QED) is 0.422. The lowest BCUT2D eigenvalue weighted by Crippen LogP contribution is -2.42. The van der Waals surface area contributed by atoms with Gasteiger partial charge in [-0.15, -0.1) is 10.2 Å². The Balaban J connectivity index is 1.63. The van der Waals surface area contributed by atoms with Crippen molar-refractivity contribution in [2.45, 2.75) is 74.3 Å². The third-order valence-electron chi connectivity index (χ3n) is 7.08. The van der Waals surface area contributed by atoms with Crippen molar-refractivity contribution in [2.75, 3.05) is 4.90 Å². The zero-order valence-electron chi connectivity index (χ0n) is 20.2. The summed E-state index contributed by atoms with van der Waals surface area (Å²) in [5.74, 6) is -0.443. The van der Waals surface area contributed by atoms with E-state index in [9.17, 15) is 10.1 Å². The lowest BCUT2D eigenvalue weighted by Gasteiger charge is -2.42. The molecule has 1 atom stereocenters. The number of aromatic nitrogens is 2. The van der Waals surface area contributed by atoms with Gasteiger partial charge in [0.15, 0.2) is 10.1 Å². The lowest BCUT2D eigenvalue weighted by atomic mass is 9.68. The van der Waals surface area contributed by atoms with Gasteiger partial charge in [-0.2, -0.15) is 5.26 Å². The fourth-order valence-electron chi connectivity index (χ4n) is 5.45. The largest absolute Gasteiger partial charge is 0.384 e. The number of Topliss-reactive ketones (excluding diaryl/α,β-unsaturated/α-hetero) is 1. The van der Waals surface area contributed by atoms with E-state index in [1.807, 2.05) is 0 Å². The number of nitriles is 1. The van der Waals surface area contributed by atoms with Crippen LogP contribution in [0.15, 0.2) is 45.2 Å². The topological polar surface area (TPSA) is 95.9 Å². The van der Waals surface area contributed by atoms with E-state index in [0.29, 0.717) is 44.4 Å². The Labute approximate surface area is 229 Å². The zero-order chi connectivity index (χ0) is 25.6. The number of rotatable bonds is 4. The minimum absolute atomic E-state index is 0.0196. The Kier molecular flexibility index (Phi) is 7.12. The Morgan fingerprint density at radius 2 is 1.94 bits per heavy atom. The molecule has 36 heavy (non-hydrogen) atoms. The Bertz CT molecular complexity index is 1320. The van der Waals surface area contributed by atoms with Crippen molar-refractivity contribution in [3.8, 4) is 6.07 Å². The van der Waals surface area contributed by atoms with E-state index in [1.165, 1.54) is 43.4 Å². The summed E-state index contributed by atoms with van der Waals surface area (Å²) in [6, 6.07) is 7.54. The summed E-state index contributed by atoms with van der Waals surface area (Å²) < 4.78 is 0.881. The average Bonchev–Trinajstić information content (AvgIpc) is 3.28. The number of hydrogen-bond acceptors (Lipinski definition) is 8. The fraction of sp³-hybridized carbons (Fsp3) is 0.462. The standard InChI is InChI=1S/C26H27Cl2N5OS2/c1-26(2)11-18-21(19(34)12-26)20(15-9-6-10-17(27)22(15)28)16(13-29)23(30)33(18)24-31-32-25(36-24)35-14-7-4-3-5-8-14/h6,9-10,14,20H,3-5,7-8,11-12,30H2,1-2H3. The molecule has 1 unspecified atom stereocenters. The monoisotopic (exact) mass is 559 g/mol. The van der Waals surface area contributed by atoms with Crippen LogP contribution in [-0.2, 0) is 4.79 Å². The van der Waals surface area contributed by atoms with Gasteiger partial charge in [0.05, 0.1) is 27.6 Å². The second kappa shape index (κ2) is 10.0. The molecular weight excluding hydrogens is 533 g/mol. The molecule has 2 heterocycles. The SMILES string of the molecule is CC1(C)CC(=O)C2=C(C1)N(c1nnc(SC3CCCCC3)s1)C(N)=C(C#N)C2c1cccc(Cl)c1Cl. The molecule has 1 aromatic carbocycles. The highest BCUT2D eigenvalue weighted by Gasteiger charge is 2.46. The number of hydrogen-bond donors (Lipinski definition) is 1. The molecule has 0 radical (unpaired) electrons. The van der Waals surface area contributed by atoms with Crippen molar-refractivity contribution in [3.63, 3.8) is 0 Å². The summed E-state index contributed by atoms with van der Waals surface area (Å²) in [4.78, 5) is 15.4. The summed E-state index contributed by atoms with van der Waals surface area (Å²) in [6.45, 7) is 4.14. The van der Waals surface area contributed by atoms with E-state index >= 15 is 0 Å². The van der Waals surface area contributed by atoms with Crippen LogP contribution >= 0.6 is 46.3 Å². The van der Waals surface area contributed by atoms with Crippen LogP contribution in [0.2, 0.25) is 10.0 Å². The summed E-state index contributed by atoms with van der Waals surface area (Å²) in [5.41, 5.74) is 8.62. The smallest absolute Gasteiger partial charge is 0.219 e. The molecule has 2 aromatic rings. The first-order valence-corrected chi connectivity index (χ1v) is 14.6. The summed E-state index contributed by atoms with van der Waals surface area (Å²) in [6.07, 6.45) is 7.13. The van der Waals surface area contributed by atoms with Gasteiger partial charge in [0.1, 0.15) is 5.82 Å². The van der Waals surface area contributed by atoms with Gasteiger partial charge < -0.3 is 5.73 Å². The maximum absolute atomic E-state index is 13.7. The summed E-state index contributed by atoms with van der Waals surface area (Å²) in [7, 11) is 0. The molecule has 1 aliphatic heterocycles. The number of carbonyl (C=O) groups excluding carboxylic acids is 1. The molecule has 1 saturated carbocycles. The minimum Gasteiger partial charge on any atom is -0.384 e. The molecule has 188 valence electrons. The van der Waals surface area contributed by atoms with Gasteiger partial charge in [0.25, 0.3) is 0 Å². The molecule has 10 heteroatoms. The van der Waals surface area contributed by atoms with Crippen molar-refractivity contribution in [1.82, 2.24) is 10.2 Å². The van der Waals surface area contributed by atoms with Crippen molar-refractivity contribution >= 4 is 57.2 Å². The Hall–Kier alpha value is -2.05. The van der Waals surface area contributed by atoms with Crippen LogP contribution in [0.3, 0.4) is 0 Å². The number of nitrogens with zero attached hydrogens (tertiary/aromatic N) is 4. The third-order valence-corrected chi connectivity index (χ3v) is 10.2. The van der Waals surface area contributed by atoms with Crippen LogP contribution in [0.5, 0.6) is 0 Å². The number of ketones is 1. The van der Waals surface area contributed by atoms with E-state index in [2.05, 4.69) is 30.1 Å². The number of halogens is 2. The first kappa shape index (κ1) is 25.6. The maximum atomic E-state index is 13.7. The molecule has 6 nitrogen and oxygen atoms in total. The van der Waals surface area contributed by atoms with E-state index < -0.39 is 5.92 Å². The maximum Gasteiger partial charge on any atom is 0.219 e. The average molecular weight is 561 g/mol. The van der Waals surface area contributed by atoms with Gasteiger partial charge in [-0.05, 0) is 36.3 Å². The van der Waals surface area contributed by atoms with Crippen LogP contribution in [0.25, 0.3) is 0 Å². The molecule has 5 rings (SSSR count). The molecule has 0 bridgehead atoms. The number of nitrogens with two attached hydrogens (primary N) is 1. The van der Waals surface area contributed by atoms with Gasteiger partial charge >= 0.3 is 0 Å². The Morgan fingerprint density at radius 1 is 1.19 bits per heavy atom. The second-order valence-corrected chi connectivity index (χ2v) is 13.6. The molecule has 1 aromatic heterocycles. The van der Waals surface area contributed by atoms with E-state index in [1.54, 1.807) is 34.9 Å². The van der Waals surface area contributed by atoms with Gasteiger partial charge in [-0.1, -0.05) is 91.5 Å². The van der Waals surface area contributed by atoms with Crippen LogP contribution in [0, 0.1) is 16.7 Å². The van der Waals surface area contributed by atoms with Crippen molar-refractivity contribution in [1.29, 1.82) is 5.26 Å². The highest BCUT2D eigenvalue weighted by Crippen LogP contribution is 2.52. The van der Waals surface area contributed by atoms with Crippen molar-refractivity contribution in [3.05, 3.63) is 56.5 Å². The first-order valence-electron chi connectivity index (χ1n) is 12.1. The summed E-state index contributed by atoms with van der Waals surface area (Å²) in [5, 5.41) is 21.0. The van der Waals surface area contributed by atoms with Gasteiger partial charge in [-0.3, -0.25) is 9.69 Å². The summed E-state index contributed by atoms with van der Waals surface area (Å²) >= 11 is 16.2. The number of anilines is 1. The normalized spacial score (nSPS) is 22.6. The van der Waals surface area contributed by atoms with Gasteiger partial charge in [-0.25, -0.2) is 0 Å². The number of thioether (sulfide) groups is 1.